The zero-order valence-electron chi connectivity index (χ0n) is 11.7. The predicted molar refractivity (Wildman–Crippen MR) is 78.4 cm³/mol. The number of primary sulfonamides is 1. The van der Waals surface area contributed by atoms with Gasteiger partial charge in [0.25, 0.3) is 5.91 Å². The molecule has 0 bridgehead atoms. The number of rotatable bonds is 4. The minimum Gasteiger partial charge on any atom is -0.321 e. The molecule has 112 valence electrons. The van der Waals surface area contributed by atoms with Gasteiger partial charge in [-0.1, -0.05) is 13.0 Å². The normalized spacial score (nSPS) is 11.4. The van der Waals surface area contributed by atoms with Gasteiger partial charge in [0.1, 0.15) is 5.69 Å². The summed E-state index contributed by atoms with van der Waals surface area (Å²) in [5.74, 6) is -0.365. The molecule has 2 aromatic rings. The van der Waals surface area contributed by atoms with Gasteiger partial charge < -0.3 is 5.32 Å². The summed E-state index contributed by atoms with van der Waals surface area (Å²) in [7, 11) is -2.13. The van der Waals surface area contributed by atoms with E-state index in [1.165, 1.54) is 22.9 Å². The van der Waals surface area contributed by atoms with E-state index in [-0.39, 0.29) is 10.8 Å². The average molecular weight is 308 g/mol. The maximum atomic E-state index is 12.2. The summed E-state index contributed by atoms with van der Waals surface area (Å²) >= 11 is 0. The lowest BCUT2D eigenvalue weighted by molar-refractivity contribution is 0.101. The van der Waals surface area contributed by atoms with Crippen LogP contribution >= 0.6 is 0 Å². The van der Waals surface area contributed by atoms with Crippen molar-refractivity contribution in [2.45, 2.75) is 18.2 Å². The number of aromatic nitrogens is 2. The van der Waals surface area contributed by atoms with Crippen LogP contribution in [0.2, 0.25) is 0 Å². The lowest BCUT2D eigenvalue weighted by Crippen LogP contribution is -2.17. The summed E-state index contributed by atoms with van der Waals surface area (Å²) in [6, 6.07) is 7.47. The molecule has 21 heavy (non-hydrogen) atoms. The van der Waals surface area contributed by atoms with Crippen molar-refractivity contribution in [1.29, 1.82) is 0 Å². The van der Waals surface area contributed by atoms with Crippen LogP contribution < -0.4 is 10.5 Å². The zero-order valence-corrected chi connectivity index (χ0v) is 12.5. The number of sulfonamides is 1. The number of amides is 1. The van der Waals surface area contributed by atoms with E-state index in [0.717, 1.165) is 12.1 Å². The van der Waals surface area contributed by atoms with Crippen molar-refractivity contribution in [3.63, 3.8) is 0 Å². The quantitative estimate of drug-likeness (QED) is 0.874. The van der Waals surface area contributed by atoms with E-state index in [2.05, 4.69) is 10.4 Å². The molecule has 1 amide bonds. The second-order valence-corrected chi connectivity index (χ2v) is 6.09. The Morgan fingerprint density at radius 3 is 2.67 bits per heavy atom. The molecular weight excluding hydrogens is 292 g/mol. The molecule has 0 spiro atoms. The van der Waals surface area contributed by atoms with Gasteiger partial charge in [0.05, 0.1) is 10.6 Å². The Kier molecular flexibility index (Phi) is 4.10. The Bertz CT molecular complexity index is 780. The summed E-state index contributed by atoms with van der Waals surface area (Å²) in [6.45, 7) is 1.94. The van der Waals surface area contributed by atoms with Crippen LogP contribution in [0, 0.1) is 0 Å². The zero-order chi connectivity index (χ0) is 15.6. The topological polar surface area (TPSA) is 107 Å². The summed E-state index contributed by atoms with van der Waals surface area (Å²) < 4.78 is 24.1. The van der Waals surface area contributed by atoms with Crippen LogP contribution in [0.3, 0.4) is 0 Å². The van der Waals surface area contributed by atoms with E-state index in [0.29, 0.717) is 11.4 Å². The van der Waals surface area contributed by atoms with E-state index >= 15 is 0 Å². The molecule has 0 saturated heterocycles. The van der Waals surface area contributed by atoms with Gasteiger partial charge in [-0.3, -0.25) is 9.48 Å². The number of nitrogens with two attached hydrogens (primary N) is 1. The molecular formula is C13H16N4O3S. The fourth-order valence-corrected chi connectivity index (χ4v) is 2.42. The second kappa shape index (κ2) is 5.66. The molecule has 1 heterocycles. The maximum absolute atomic E-state index is 12.2. The lowest BCUT2D eigenvalue weighted by Gasteiger charge is -2.06. The Labute approximate surface area is 122 Å². The van der Waals surface area contributed by atoms with Gasteiger partial charge in [0.15, 0.2) is 0 Å². The van der Waals surface area contributed by atoms with Crippen molar-refractivity contribution in [3.8, 4) is 0 Å². The Morgan fingerprint density at radius 2 is 2.10 bits per heavy atom. The first kappa shape index (κ1) is 15.2. The van der Waals surface area contributed by atoms with Crippen LogP contribution in [0.15, 0.2) is 35.2 Å². The van der Waals surface area contributed by atoms with E-state index < -0.39 is 10.0 Å². The monoisotopic (exact) mass is 308 g/mol. The number of anilines is 1. The second-order valence-electron chi connectivity index (χ2n) is 4.53. The highest BCUT2D eigenvalue weighted by Gasteiger charge is 2.14. The van der Waals surface area contributed by atoms with Crippen molar-refractivity contribution in [1.82, 2.24) is 9.78 Å². The van der Waals surface area contributed by atoms with Gasteiger partial charge >= 0.3 is 0 Å². The third-order valence-electron chi connectivity index (χ3n) is 2.95. The smallest absolute Gasteiger partial charge is 0.273 e. The van der Waals surface area contributed by atoms with Crippen LogP contribution in [-0.4, -0.2) is 24.1 Å². The largest absolute Gasteiger partial charge is 0.321 e. The number of nitrogens with one attached hydrogen (secondary N) is 1. The number of carbonyl (C=O) groups is 1. The van der Waals surface area contributed by atoms with Crippen molar-refractivity contribution < 1.29 is 13.2 Å². The molecule has 2 rings (SSSR count). The molecule has 1 aromatic heterocycles. The molecule has 0 unspecified atom stereocenters. The molecule has 3 N–H and O–H groups in total. The number of carbonyl (C=O) groups excluding carboxylic acids is 1. The summed E-state index contributed by atoms with van der Waals surface area (Å²) in [5, 5.41) is 11.9. The lowest BCUT2D eigenvalue weighted by atomic mass is 10.2. The van der Waals surface area contributed by atoms with E-state index in [9.17, 15) is 13.2 Å². The number of benzene rings is 1. The first-order valence-electron chi connectivity index (χ1n) is 6.28. The van der Waals surface area contributed by atoms with Crippen LogP contribution in [0.25, 0.3) is 0 Å². The fraction of sp³-hybridized carbons (Fsp3) is 0.231. The number of aryl methyl sites for hydroxylation is 2. The molecule has 0 radical (unpaired) electrons. The third-order valence-corrected chi connectivity index (χ3v) is 3.86. The van der Waals surface area contributed by atoms with Crippen molar-refractivity contribution in [2.24, 2.45) is 12.2 Å². The van der Waals surface area contributed by atoms with Crippen LogP contribution in [0.1, 0.15) is 23.1 Å². The van der Waals surface area contributed by atoms with Crippen molar-refractivity contribution >= 4 is 21.6 Å². The highest BCUT2D eigenvalue weighted by molar-refractivity contribution is 7.89. The first-order chi connectivity index (χ1) is 9.81. The molecule has 0 aliphatic rings. The van der Waals surface area contributed by atoms with Crippen molar-refractivity contribution in [3.05, 3.63) is 41.7 Å². The molecule has 0 fully saturated rings. The van der Waals surface area contributed by atoms with Crippen LogP contribution in [0.5, 0.6) is 0 Å². The molecule has 0 aliphatic carbocycles. The van der Waals surface area contributed by atoms with Gasteiger partial charge in [-0.25, -0.2) is 13.6 Å². The Morgan fingerprint density at radius 1 is 1.38 bits per heavy atom. The number of nitrogens with zero attached hydrogens (tertiary/aromatic N) is 2. The fourth-order valence-electron chi connectivity index (χ4n) is 1.86. The van der Waals surface area contributed by atoms with Crippen LogP contribution in [0.4, 0.5) is 5.69 Å². The average Bonchev–Trinajstić information content (AvgIpc) is 2.79. The van der Waals surface area contributed by atoms with Crippen molar-refractivity contribution in [2.75, 3.05) is 5.32 Å². The Balaban J connectivity index is 2.25. The molecule has 0 aliphatic heterocycles. The maximum Gasteiger partial charge on any atom is 0.273 e. The standard InChI is InChI=1S/C13H16N4O3S/c1-3-9-8-12(17(2)16-9)13(18)15-10-5-4-6-11(7-10)21(14,19)20/h4-8H,3H2,1-2H3,(H,15,18)(H2,14,19,20). The molecule has 7 nitrogen and oxygen atoms in total. The minimum atomic E-state index is -3.80. The molecule has 1 aromatic carbocycles. The first-order valence-corrected chi connectivity index (χ1v) is 7.83. The highest BCUT2D eigenvalue weighted by atomic mass is 32.2. The van der Waals surface area contributed by atoms with E-state index in [1.54, 1.807) is 19.2 Å². The van der Waals surface area contributed by atoms with Gasteiger partial charge in [-0.2, -0.15) is 5.10 Å². The predicted octanol–water partition coefficient (Wildman–Crippen LogP) is 0.882. The minimum absolute atomic E-state index is 0.0560. The van der Waals surface area contributed by atoms with Crippen LogP contribution in [-0.2, 0) is 23.5 Å². The summed E-state index contributed by atoms with van der Waals surface area (Å²) in [4.78, 5) is 12.1. The highest BCUT2D eigenvalue weighted by Crippen LogP contribution is 2.15. The summed E-state index contributed by atoms with van der Waals surface area (Å²) in [5.41, 5.74) is 1.56. The number of hydrogen-bond donors (Lipinski definition) is 2. The van der Waals surface area contributed by atoms with E-state index in [4.69, 9.17) is 5.14 Å². The van der Waals surface area contributed by atoms with E-state index in [1.807, 2.05) is 6.92 Å². The van der Waals surface area contributed by atoms with Gasteiger partial charge in [-0.05, 0) is 30.7 Å². The molecule has 0 atom stereocenters. The van der Waals surface area contributed by atoms with Gasteiger partial charge in [-0.15, -0.1) is 0 Å². The SMILES string of the molecule is CCc1cc(C(=O)Nc2cccc(S(N)(=O)=O)c2)n(C)n1. The number of hydrogen-bond acceptors (Lipinski definition) is 4. The third kappa shape index (κ3) is 3.47. The summed E-state index contributed by atoms with van der Waals surface area (Å²) in [6.07, 6.45) is 0.724. The van der Waals surface area contributed by atoms with Gasteiger partial charge in [0.2, 0.25) is 10.0 Å². The molecule has 8 heteroatoms. The Hall–Kier alpha value is -2.19. The van der Waals surface area contributed by atoms with Gasteiger partial charge in [0, 0.05) is 12.7 Å². The molecule has 0 saturated carbocycles.